The van der Waals surface area contributed by atoms with Crippen molar-refractivity contribution in [2.75, 3.05) is 18.5 Å². The largest absolute Gasteiger partial charge is 0.486 e. The predicted molar refractivity (Wildman–Crippen MR) is 93.4 cm³/mol. The van der Waals surface area contributed by atoms with Gasteiger partial charge in [-0.1, -0.05) is 24.3 Å². The highest BCUT2D eigenvalue weighted by Gasteiger charge is 2.16. The van der Waals surface area contributed by atoms with Crippen LogP contribution in [0.15, 0.2) is 40.9 Å². The molecule has 1 aliphatic heterocycles. The summed E-state index contributed by atoms with van der Waals surface area (Å²) in [5.74, 6) is 1.25. The van der Waals surface area contributed by atoms with Crippen LogP contribution in [0, 0.1) is 0 Å². The van der Waals surface area contributed by atoms with Crippen molar-refractivity contribution in [1.82, 2.24) is 5.32 Å². The van der Waals surface area contributed by atoms with Crippen LogP contribution in [0.25, 0.3) is 0 Å². The predicted octanol–water partition coefficient (Wildman–Crippen LogP) is 3.03. The fraction of sp³-hybridized carbons (Fsp3) is 0.235. The number of aliphatic hydroxyl groups excluding tert-OH is 1. The molecule has 0 fully saturated rings. The molecule has 24 heavy (non-hydrogen) atoms. The van der Waals surface area contributed by atoms with Crippen LogP contribution in [-0.4, -0.2) is 24.4 Å². The smallest absolute Gasteiger partial charge is 0.319 e. The Bertz CT molecular complexity index is 751. The van der Waals surface area contributed by atoms with Gasteiger partial charge in [0.2, 0.25) is 0 Å². The summed E-state index contributed by atoms with van der Waals surface area (Å²) in [5, 5.41) is 14.9. The fourth-order valence-corrected chi connectivity index (χ4v) is 2.81. The first-order chi connectivity index (χ1) is 11.7. The number of amides is 2. The normalized spacial score (nSPS) is 12.6. The molecule has 3 N–H and O–H groups in total. The quantitative estimate of drug-likeness (QED) is 0.746. The molecule has 0 unspecified atom stereocenters. The van der Waals surface area contributed by atoms with Crippen LogP contribution in [-0.2, 0) is 13.2 Å². The van der Waals surface area contributed by atoms with E-state index in [-0.39, 0.29) is 12.6 Å². The summed E-state index contributed by atoms with van der Waals surface area (Å²) in [6.07, 6.45) is 0. The Labute approximate surface area is 147 Å². The molecule has 1 heterocycles. The lowest BCUT2D eigenvalue weighted by molar-refractivity contribution is 0.171. The lowest BCUT2D eigenvalue weighted by atomic mass is 10.1. The van der Waals surface area contributed by atoms with Crippen molar-refractivity contribution in [3.8, 4) is 11.5 Å². The maximum Gasteiger partial charge on any atom is 0.319 e. The van der Waals surface area contributed by atoms with Gasteiger partial charge in [0, 0.05) is 23.2 Å². The number of benzene rings is 2. The maximum absolute atomic E-state index is 12.1. The van der Waals surface area contributed by atoms with E-state index in [1.54, 1.807) is 12.1 Å². The molecule has 2 amide bonds. The molecular weight excluding hydrogens is 376 g/mol. The van der Waals surface area contributed by atoms with Gasteiger partial charge in [-0.2, -0.15) is 0 Å². The zero-order valence-corrected chi connectivity index (χ0v) is 14.4. The number of anilines is 1. The number of ether oxygens (including phenoxy) is 2. The first kappa shape index (κ1) is 16.6. The van der Waals surface area contributed by atoms with Gasteiger partial charge in [-0.15, -0.1) is 0 Å². The van der Waals surface area contributed by atoms with Gasteiger partial charge >= 0.3 is 6.03 Å². The molecule has 2 aromatic rings. The average Bonchev–Trinajstić information content (AvgIpc) is 2.61. The van der Waals surface area contributed by atoms with Crippen molar-refractivity contribution in [2.24, 2.45) is 0 Å². The van der Waals surface area contributed by atoms with E-state index in [9.17, 15) is 9.90 Å². The van der Waals surface area contributed by atoms with Gasteiger partial charge in [0.1, 0.15) is 13.2 Å². The number of hydrogen-bond acceptors (Lipinski definition) is 4. The fourth-order valence-electron chi connectivity index (χ4n) is 2.39. The second-order valence-electron chi connectivity index (χ2n) is 5.21. The molecule has 0 atom stereocenters. The van der Waals surface area contributed by atoms with Crippen LogP contribution in [0.1, 0.15) is 11.1 Å². The molecule has 3 rings (SSSR count). The van der Waals surface area contributed by atoms with E-state index < -0.39 is 0 Å². The molecule has 0 saturated heterocycles. The monoisotopic (exact) mass is 392 g/mol. The van der Waals surface area contributed by atoms with Crippen LogP contribution in [0.4, 0.5) is 10.5 Å². The van der Waals surface area contributed by atoms with Crippen LogP contribution >= 0.6 is 15.9 Å². The molecule has 0 radical (unpaired) electrons. The minimum absolute atomic E-state index is 0.0623. The van der Waals surface area contributed by atoms with Crippen molar-refractivity contribution in [3.05, 3.63) is 52.0 Å². The van der Waals surface area contributed by atoms with Gasteiger partial charge in [-0.05, 0) is 27.1 Å². The number of halogens is 1. The second kappa shape index (κ2) is 7.55. The third kappa shape index (κ3) is 3.80. The maximum atomic E-state index is 12.1. The highest BCUT2D eigenvalue weighted by Crippen LogP contribution is 2.38. The summed E-state index contributed by atoms with van der Waals surface area (Å²) in [7, 11) is 0. The van der Waals surface area contributed by atoms with Crippen molar-refractivity contribution in [2.45, 2.75) is 13.2 Å². The molecule has 2 aromatic carbocycles. The summed E-state index contributed by atoms with van der Waals surface area (Å²) in [5.41, 5.74) is 2.25. The summed E-state index contributed by atoms with van der Waals surface area (Å²) < 4.78 is 11.7. The van der Waals surface area contributed by atoms with Crippen LogP contribution < -0.4 is 20.1 Å². The van der Waals surface area contributed by atoms with Crippen LogP contribution in [0.3, 0.4) is 0 Å². The Morgan fingerprint density at radius 1 is 1.12 bits per heavy atom. The zero-order valence-electron chi connectivity index (χ0n) is 12.8. The lowest BCUT2D eigenvalue weighted by Gasteiger charge is -2.20. The van der Waals surface area contributed by atoms with E-state index in [0.717, 1.165) is 11.1 Å². The van der Waals surface area contributed by atoms with Crippen molar-refractivity contribution in [1.29, 1.82) is 0 Å². The summed E-state index contributed by atoms with van der Waals surface area (Å²) in [4.78, 5) is 12.1. The Morgan fingerprint density at radius 2 is 1.79 bits per heavy atom. The molecule has 0 aromatic heterocycles. The number of carbonyl (C=O) groups excluding carboxylic acids is 1. The Kier molecular flexibility index (Phi) is 5.22. The van der Waals surface area contributed by atoms with Gasteiger partial charge in [0.15, 0.2) is 11.5 Å². The van der Waals surface area contributed by atoms with Gasteiger partial charge in [0.25, 0.3) is 0 Å². The molecule has 6 nitrogen and oxygen atoms in total. The third-order valence-corrected chi connectivity index (χ3v) is 4.26. The van der Waals surface area contributed by atoms with E-state index in [2.05, 4.69) is 26.6 Å². The van der Waals surface area contributed by atoms with Crippen molar-refractivity contribution < 1.29 is 19.4 Å². The summed E-state index contributed by atoms with van der Waals surface area (Å²) >= 11 is 3.41. The van der Waals surface area contributed by atoms with E-state index in [4.69, 9.17) is 9.47 Å². The second-order valence-corrected chi connectivity index (χ2v) is 6.06. The van der Waals surface area contributed by atoms with E-state index in [0.29, 0.717) is 41.4 Å². The Balaban J connectivity index is 1.65. The first-order valence-corrected chi connectivity index (χ1v) is 8.28. The molecule has 0 bridgehead atoms. The molecule has 0 saturated carbocycles. The number of aliphatic hydroxyl groups is 1. The molecule has 1 aliphatic rings. The topological polar surface area (TPSA) is 79.8 Å². The van der Waals surface area contributed by atoms with Gasteiger partial charge in [0.05, 0.1) is 12.3 Å². The number of urea groups is 1. The SMILES string of the molecule is O=C(NCc1ccccc1CO)Nc1cc2c(cc1Br)OCCO2. The number of hydrogen-bond donors (Lipinski definition) is 3. The van der Waals surface area contributed by atoms with Gasteiger partial charge in [-0.3, -0.25) is 0 Å². The molecular formula is C17H17BrN2O4. The standard InChI is InChI=1S/C17H17BrN2O4/c18-13-7-15-16(24-6-5-23-15)8-14(13)20-17(22)19-9-11-3-1-2-4-12(11)10-21/h1-4,7-8,21H,5-6,9-10H2,(H2,19,20,22). The highest BCUT2D eigenvalue weighted by atomic mass is 79.9. The van der Waals surface area contributed by atoms with E-state index >= 15 is 0 Å². The van der Waals surface area contributed by atoms with Crippen LogP contribution in [0.2, 0.25) is 0 Å². The molecule has 7 heteroatoms. The summed E-state index contributed by atoms with van der Waals surface area (Å²) in [6, 6.07) is 10.6. The molecule has 126 valence electrons. The molecule has 0 aliphatic carbocycles. The molecule has 0 spiro atoms. The minimum atomic E-state index is -0.347. The minimum Gasteiger partial charge on any atom is -0.486 e. The van der Waals surface area contributed by atoms with E-state index in [1.165, 1.54) is 0 Å². The Hall–Kier alpha value is -2.25. The lowest BCUT2D eigenvalue weighted by Crippen LogP contribution is -2.28. The number of rotatable bonds is 4. The average molecular weight is 393 g/mol. The van der Waals surface area contributed by atoms with Crippen molar-refractivity contribution in [3.63, 3.8) is 0 Å². The number of fused-ring (bicyclic) bond motifs is 1. The number of nitrogens with one attached hydrogen (secondary N) is 2. The first-order valence-electron chi connectivity index (χ1n) is 7.49. The zero-order chi connectivity index (χ0) is 16.9. The van der Waals surface area contributed by atoms with Crippen LogP contribution in [0.5, 0.6) is 11.5 Å². The third-order valence-electron chi connectivity index (χ3n) is 3.61. The Morgan fingerprint density at radius 3 is 2.50 bits per heavy atom. The van der Waals surface area contributed by atoms with Gasteiger partial charge < -0.3 is 25.2 Å². The number of carbonyl (C=O) groups is 1. The highest BCUT2D eigenvalue weighted by molar-refractivity contribution is 9.10. The summed E-state index contributed by atoms with van der Waals surface area (Å²) in [6.45, 7) is 1.26. The van der Waals surface area contributed by atoms with E-state index in [1.807, 2.05) is 24.3 Å². The van der Waals surface area contributed by atoms with Gasteiger partial charge in [-0.25, -0.2) is 4.79 Å². The van der Waals surface area contributed by atoms with Crippen molar-refractivity contribution >= 4 is 27.6 Å².